The first-order valence-corrected chi connectivity index (χ1v) is 10.1. The van der Waals surface area contributed by atoms with Gasteiger partial charge < -0.3 is 14.4 Å². The van der Waals surface area contributed by atoms with E-state index in [1.54, 1.807) is 17.0 Å². The van der Waals surface area contributed by atoms with E-state index >= 15 is 0 Å². The molecule has 5 nitrogen and oxygen atoms in total. The normalized spacial score (nSPS) is 17.2. The fourth-order valence-electron chi connectivity index (χ4n) is 3.67. The molecule has 0 unspecified atom stereocenters. The van der Waals surface area contributed by atoms with Gasteiger partial charge in [0.1, 0.15) is 13.2 Å². The molecule has 1 fully saturated rings. The van der Waals surface area contributed by atoms with Crippen molar-refractivity contribution < 1.29 is 27.4 Å². The highest BCUT2D eigenvalue weighted by Crippen LogP contribution is 2.31. The molecular formula is C23H23F3N2O3. The van der Waals surface area contributed by atoms with E-state index in [1.807, 2.05) is 18.2 Å². The third-order valence-corrected chi connectivity index (χ3v) is 5.33. The molecule has 0 radical (unpaired) electrons. The minimum atomic E-state index is -4.34. The molecule has 0 spiro atoms. The Morgan fingerprint density at radius 1 is 0.968 bits per heavy atom. The zero-order valence-electron chi connectivity index (χ0n) is 16.9. The summed E-state index contributed by atoms with van der Waals surface area (Å²) in [5.74, 6) is 1.28. The number of benzene rings is 2. The highest BCUT2D eigenvalue weighted by Gasteiger charge is 2.30. The number of fused-ring (bicyclic) bond motifs is 1. The first-order chi connectivity index (χ1) is 14.9. The lowest BCUT2D eigenvalue weighted by Crippen LogP contribution is -2.47. The van der Waals surface area contributed by atoms with Gasteiger partial charge in [0.2, 0.25) is 5.91 Å². The number of carbonyl (C=O) groups is 1. The van der Waals surface area contributed by atoms with Crippen LogP contribution in [0.4, 0.5) is 13.2 Å². The molecule has 0 atom stereocenters. The summed E-state index contributed by atoms with van der Waals surface area (Å²) in [6, 6.07) is 10.9. The van der Waals surface area contributed by atoms with Crippen LogP contribution in [0.1, 0.15) is 16.7 Å². The molecule has 2 aliphatic heterocycles. The van der Waals surface area contributed by atoms with Crippen LogP contribution in [0.2, 0.25) is 0 Å². The SMILES string of the molecule is O=C(C=Cc1ccc2c(c1)OCCO2)N1CCN(Cc2cccc(C(F)(F)F)c2)CC1. The standard InChI is InChI=1S/C23H23F3N2O3/c24-23(25,26)19-3-1-2-18(14-19)16-27-8-10-28(11-9-27)22(29)7-5-17-4-6-20-21(15-17)31-13-12-30-20/h1-7,14-15H,8-13,16H2. The molecule has 164 valence electrons. The van der Waals surface area contributed by atoms with E-state index in [2.05, 4.69) is 4.90 Å². The largest absolute Gasteiger partial charge is 0.486 e. The zero-order valence-corrected chi connectivity index (χ0v) is 16.9. The summed E-state index contributed by atoms with van der Waals surface area (Å²) < 4.78 is 49.7. The molecule has 31 heavy (non-hydrogen) atoms. The number of hydrogen-bond donors (Lipinski definition) is 0. The molecule has 2 aromatic carbocycles. The maximum Gasteiger partial charge on any atom is 0.416 e. The van der Waals surface area contributed by atoms with E-state index in [4.69, 9.17) is 9.47 Å². The highest BCUT2D eigenvalue weighted by molar-refractivity contribution is 5.92. The Hall–Kier alpha value is -3.00. The van der Waals surface area contributed by atoms with Gasteiger partial charge >= 0.3 is 6.18 Å². The molecular weight excluding hydrogens is 409 g/mol. The average molecular weight is 432 g/mol. The van der Waals surface area contributed by atoms with E-state index in [-0.39, 0.29) is 5.91 Å². The summed E-state index contributed by atoms with van der Waals surface area (Å²) >= 11 is 0. The van der Waals surface area contributed by atoms with Crippen molar-refractivity contribution in [3.63, 3.8) is 0 Å². The molecule has 4 rings (SSSR count). The quantitative estimate of drug-likeness (QED) is 0.689. The fourth-order valence-corrected chi connectivity index (χ4v) is 3.67. The topological polar surface area (TPSA) is 42.0 Å². The monoisotopic (exact) mass is 432 g/mol. The molecule has 0 saturated carbocycles. The Bertz CT molecular complexity index is 967. The maximum absolute atomic E-state index is 12.9. The first-order valence-electron chi connectivity index (χ1n) is 10.1. The van der Waals surface area contributed by atoms with E-state index in [0.29, 0.717) is 63.0 Å². The van der Waals surface area contributed by atoms with Crippen molar-refractivity contribution in [2.24, 2.45) is 0 Å². The van der Waals surface area contributed by atoms with E-state index < -0.39 is 11.7 Å². The van der Waals surface area contributed by atoms with Crippen LogP contribution in [0.15, 0.2) is 48.5 Å². The molecule has 1 amide bonds. The molecule has 2 aromatic rings. The second kappa shape index (κ2) is 9.01. The third kappa shape index (κ3) is 5.38. The Labute approximate surface area is 178 Å². The predicted molar refractivity (Wildman–Crippen MR) is 110 cm³/mol. The van der Waals surface area contributed by atoms with Crippen LogP contribution in [0.3, 0.4) is 0 Å². The van der Waals surface area contributed by atoms with Crippen LogP contribution in [-0.2, 0) is 17.5 Å². The Balaban J connectivity index is 1.29. The van der Waals surface area contributed by atoms with Gasteiger partial charge in [-0.05, 0) is 35.4 Å². The van der Waals surface area contributed by atoms with Crippen molar-refractivity contribution in [3.05, 3.63) is 65.2 Å². The van der Waals surface area contributed by atoms with Gasteiger partial charge in [0.15, 0.2) is 11.5 Å². The summed E-state index contributed by atoms with van der Waals surface area (Å²) in [4.78, 5) is 16.3. The van der Waals surface area contributed by atoms with Gasteiger partial charge in [0, 0.05) is 38.8 Å². The zero-order chi connectivity index (χ0) is 21.8. The molecule has 1 saturated heterocycles. The number of halogens is 3. The maximum atomic E-state index is 12.9. The minimum Gasteiger partial charge on any atom is -0.486 e. The number of piperazine rings is 1. The molecule has 0 aliphatic carbocycles. The smallest absolute Gasteiger partial charge is 0.416 e. The lowest BCUT2D eigenvalue weighted by molar-refractivity contribution is -0.137. The molecule has 2 heterocycles. The number of alkyl halides is 3. The summed E-state index contributed by atoms with van der Waals surface area (Å²) in [6.45, 7) is 3.75. The van der Waals surface area contributed by atoms with Gasteiger partial charge in [0.25, 0.3) is 0 Å². The molecule has 8 heteroatoms. The summed E-state index contributed by atoms with van der Waals surface area (Å²) in [7, 11) is 0. The van der Waals surface area contributed by atoms with E-state index in [0.717, 1.165) is 11.6 Å². The third-order valence-electron chi connectivity index (χ3n) is 5.33. The number of nitrogens with zero attached hydrogens (tertiary/aromatic N) is 2. The number of ether oxygens (including phenoxy) is 2. The van der Waals surface area contributed by atoms with Crippen molar-refractivity contribution in [3.8, 4) is 11.5 Å². The first kappa shape index (κ1) is 21.2. The van der Waals surface area contributed by atoms with Gasteiger partial charge in [-0.25, -0.2) is 0 Å². The molecule has 0 N–H and O–H groups in total. The summed E-state index contributed by atoms with van der Waals surface area (Å²) in [6.07, 6.45) is -1.06. The van der Waals surface area contributed by atoms with Crippen LogP contribution in [-0.4, -0.2) is 55.1 Å². The fraction of sp³-hybridized carbons (Fsp3) is 0.348. The predicted octanol–water partition coefficient (Wildman–Crippen LogP) is 3.83. The van der Waals surface area contributed by atoms with E-state index in [1.165, 1.54) is 18.2 Å². The van der Waals surface area contributed by atoms with E-state index in [9.17, 15) is 18.0 Å². The van der Waals surface area contributed by atoms with Gasteiger partial charge in [-0.3, -0.25) is 9.69 Å². The van der Waals surface area contributed by atoms with Crippen LogP contribution in [0, 0.1) is 0 Å². The lowest BCUT2D eigenvalue weighted by Gasteiger charge is -2.34. The van der Waals surface area contributed by atoms with Crippen molar-refractivity contribution in [1.82, 2.24) is 9.80 Å². The van der Waals surface area contributed by atoms with Gasteiger partial charge in [-0.1, -0.05) is 24.3 Å². The highest BCUT2D eigenvalue weighted by atomic mass is 19.4. The number of amides is 1. The second-order valence-corrected chi connectivity index (χ2v) is 7.54. The van der Waals surface area contributed by atoms with Crippen LogP contribution >= 0.6 is 0 Å². The summed E-state index contributed by atoms with van der Waals surface area (Å²) in [5, 5.41) is 0. The average Bonchev–Trinajstić information content (AvgIpc) is 2.77. The van der Waals surface area contributed by atoms with Crippen molar-refractivity contribution >= 4 is 12.0 Å². The Morgan fingerprint density at radius 2 is 1.71 bits per heavy atom. The van der Waals surface area contributed by atoms with Crippen LogP contribution in [0.5, 0.6) is 11.5 Å². The van der Waals surface area contributed by atoms with Crippen molar-refractivity contribution in [1.29, 1.82) is 0 Å². The van der Waals surface area contributed by atoms with Crippen LogP contribution < -0.4 is 9.47 Å². The van der Waals surface area contributed by atoms with Gasteiger partial charge in [0.05, 0.1) is 5.56 Å². The Kier molecular flexibility index (Phi) is 6.18. The Morgan fingerprint density at radius 3 is 2.45 bits per heavy atom. The minimum absolute atomic E-state index is 0.0893. The van der Waals surface area contributed by atoms with Crippen LogP contribution in [0.25, 0.3) is 6.08 Å². The van der Waals surface area contributed by atoms with Gasteiger partial charge in [-0.2, -0.15) is 13.2 Å². The van der Waals surface area contributed by atoms with Crippen molar-refractivity contribution in [2.75, 3.05) is 39.4 Å². The number of hydrogen-bond acceptors (Lipinski definition) is 4. The van der Waals surface area contributed by atoms with Crippen molar-refractivity contribution in [2.45, 2.75) is 12.7 Å². The second-order valence-electron chi connectivity index (χ2n) is 7.54. The molecule has 0 bridgehead atoms. The number of carbonyl (C=O) groups excluding carboxylic acids is 1. The van der Waals surface area contributed by atoms with Gasteiger partial charge in [-0.15, -0.1) is 0 Å². The molecule has 0 aromatic heterocycles. The lowest BCUT2D eigenvalue weighted by atomic mass is 10.1. The molecule has 2 aliphatic rings. The number of rotatable bonds is 4. The summed E-state index contributed by atoms with van der Waals surface area (Å²) in [5.41, 5.74) is 0.831.